The number of nitro groups is 1. The molecule has 0 fully saturated rings. The number of aromatic nitrogens is 3. The summed E-state index contributed by atoms with van der Waals surface area (Å²) in [5.41, 5.74) is 1.32. The lowest BCUT2D eigenvalue weighted by Crippen LogP contribution is -2.23. The Kier molecular flexibility index (Phi) is 8.04. The van der Waals surface area contributed by atoms with E-state index >= 15 is 0 Å². The average molecular weight is 474 g/mol. The fourth-order valence-corrected chi connectivity index (χ4v) is 4.09. The van der Waals surface area contributed by atoms with Gasteiger partial charge in [0.25, 0.3) is 5.69 Å². The van der Waals surface area contributed by atoms with Gasteiger partial charge in [-0.2, -0.15) is 5.10 Å². The van der Waals surface area contributed by atoms with Crippen LogP contribution in [0.4, 0.5) is 10.1 Å². The minimum absolute atomic E-state index is 0. The summed E-state index contributed by atoms with van der Waals surface area (Å²) in [6.07, 6.45) is 5.32. The van der Waals surface area contributed by atoms with Crippen LogP contribution in [0.3, 0.4) is 0 Å². The van der Waals surface area contributed by atoms with Crippen molar-refractivity contribution >= 4 is 27.2 Å². The Morgan fingerprint density at radius 1 is 1.24 bits per heavy atom. The molecule has 3 heterocycles. The topological polar surface area (TPSA) is 104 Å². The SMILES string of the molecule is C.COCCNCCn1cc(-c2cc3nccc(Oc4ccc([N+](=O)[O-])cc4F)c3s2)cn1. The molecule has 0 atom stereocenters. The molecule has 3 aromatic heterocycles. The molecule has 174 valence electrons. The van der Waals surface area contributed by atoms with E-state index in [1.54, 1.807) is 25.6 Å². The van der Waals surface area contributed by atoms with Crippen LogP contribution in [0.5, 0.6) is 11.5 Å². The molecule has 4 aromatic rings. The standard InChI is InChI=1S/C21H20FN5O4S.CH4/c1-30-9-7-23-6-8-26-13-14(12-25-26)20-11-17-21(32-20)19(4-5-24-17)31-18-3-2-15(27(28)29)10-16(18)22;/h2-5,10-13,23H,6-9H2,1H3;1H4. The molecule has 11 heteroatoms. The summed E-state index contributed by atoms with van der Waals surface area (Å²) in [5, 5.41) is 18.5. The number of non-ortho nitro benzene ring substituents is 1. The Morgan fingerprint density at radius 2 is 2.09 bits per heavy atom. The lowest BCUT2D eigenvalue weighted by molar-refractivity contribution is -0.385. The van der Waals surface area contributed by atoms with E-state index in [9.17, 15) is 14.5 Å². The van der Waals surface area contributed by atoms with Crippen LogP contribution in [-0.4, -0.2) is 46.5 Å². The van der Waals surface area contributed by atoms with Gasteiger partial charge < -0.3 is 14.8 Å². The minimum Gasteiger partial charge on any atom is -0.453 e. The number of fused-ring (bicyclic) bond motifs is 1. The summed E-state index contributed by atoms with van der Waals surface area (Å²) in [7, 11) is 1.67. The number of nitrogens with zero attached hydrogens (tertiary/aromatic N) is 4. The molecule has 0 radical (unpaired) electrons. The number of pyridine rings is 1. The van der Waals surface area contributed by atoms with E-state index in [1.807, 2.05) is 16.9 Å². The number of rotatable bonds is 10. The Labute approximate surface area is 193 Å². The van der Waals surface area contributed by atoms with Gasteiger partial charge in [0, 0.05) is 55.2 Å². The van der Waals surface area contributed by atoms with Crippen LogP contribution in [0, 0.1) is 15.9 Å². The fraction of sp³-hybridized carbons (Fsp3) is 0.273. The highest BCUT2D eigenvalue weighted by Crippen LogP contribution is 2.39. The molecule has 9 nitrogen and oxygen atoms in total. The second-order valence-electron chi connectivity index (χ2n) is 6.84. The van der Waals surface area contributed by atoms with Crippen molar-refractivity contribution in [3.63, 3.8) is 0 Å². The number of methoxy groups -OCH3 is 1. The van der Waals surface area contributed by atoms with Crippen LogP contribution in [0.1, 0.15) is 7.43 Å². The number of halogens is 1. The van der Waals surface area contributed by atoms with Crippen molar-refractivity contribution in [2.24, 2.45) is 0 Å². The maximum Gasteiger partial charge on any atom is 0.272 e. The van der Waals surface area contributed by atoms with Gasteiger partial charge in [-0.1, -0.05) is 7.43 Å². The Hall–Kier alpha value is -3.41. The van der Waals surface area contributed by atoms with Crippen LogP contribution in [0.2, 0.25) is 0 Å². The van der Waals surface area contributed by atoms with Gasteiger partial charge >= 0.3 is 0 Å². The van der Waals surface area contributed by atoms with Gasteiger partial charge in [-0.05, 0) is 12.1 Å². The zero-order valence-corrected chi connectivity index (χ0v) is 18.0. The van der Waals surface area contributed by atoms with E-state index in [2.05, 4.69) is 15.4 Å². The quantitative estimate of drug-likeness (QED) is 0.199. The van der Waals surface area contributed by atoms with Gasteiger partial charge in [-0.3, -0.25) is 19.8 Å². The van der Waals surface area contributed by atoms with Gasteiger partial charge in [0.15, 0.2) is 11.6 Å². The largest absolute Gasteiger partial charge is 0.453 e. The number of ether oxygens (including phenoxy) is 2. The van der Waals surface area contributed by atoms with Crippen molar-refractivity contribution in [3.05, 3.63) is 64.9 Å². The number of hydrogen-bond donors (Lipinski definition) is 1. The van der Waals surface area contributed by atoms with E-state index in [1.165, 1.54) is 23.5 Å². The maximum atomic E-state index is 14.3. The van der Waals surface area contributed by atoms with Crippen molar-refractivity contribution in [2.45, 2.75) is 14.0 Å². The maximum absolute atomic E-state index is 14.3. The smallest absolute Gasteiger partial charge is 0.272 e. The summed E-state index contributed by atoms with van der Waals surface area (Å²) in [5.74, 6) is -0.470. The number of nitrogens with one attached hydrogen (secondary N) is 1. The summed E-state index contributed by atoms with van der Waals surface area (Å²) < 4.78 is 27.6. The molecule has 4 rings (SSSR count). The summed E-state index contributed by atoms with van der Waals surface area (Å²) >= 11 is 1.45. The lowest BCUT2D eigenvalue weighted by atomic mass is 10.2. The highest BCUT2D eigenvalue weighted by Gasteiger charge is 2.16. The Morgan fingerprint density at radius 3 is 2.85 bits per heavy atom. The molecular weight excluding hydrogens is 449 g/mol. The Balaban J connectivity index is 0.00000306. The van der Waals surface area contributed by atoms with Gasteiger partial charge in [0.05, 0.1) is 40.6 Å². The highest BCUT2D eigenvalue weighted by atomic mass is 32.1. The summed E-state index contributed by atoms with van der Waals surface area (Å²) in [6.45, 7) is 2.94. The van der Waals surface area contributed by atoms with E-state index in [0.717, 1.165) is 40.8 Å². The van der Waals surface area contributed by atoms with Crippen molar-refractivity contribution in [1.82, 2.24) is 20.1 Å². The van der Waals surface area contributed by atoms with Gasteiger partial charge in [-0.15, -0.1) is 11.3 Å². The molecule has 0 saturated carbocycles. The first-order valence-electron chi connectivity index (χ1n) is 9.78. The molecule has 0 saturated heterocycles. The molecule has 0 aliphatic carbocycles. The first-order chi connectivity index (χ1) is 15.5. The van der Waals surface area contributed by atoms with Crippen LogP contribution in [-0.2, 0) is 11.3 Å². The van der Waals surface area contributed by atoms with Gasteiger partial charge in [0.2, 0.25) is 0 Å². The van der Waals surface area contributed by atoms with Crippen molar-refractivity contribution in [1.29, 1.82) is 0 Å². The third kappa shape index (κ3) is 5.69. The van der Waals surface area contributed by atoms with Crippen LogP contribution >= 0.6 is 11.3 Å². The normalized spacial score (nSPS) is 10.8. The first kappa shape index (κ1) is 24.2. The third-order valence-electron chi connectivity index (χ3n) is 4.64. The molecule has 0 spiro atoms. The molecule has 1 N–H and O–H groups in total. The van der Waals surface area contributed by atoms with Crippen molar-refractivity contribution in [3.8, 4) is 21.9 Å². The molecular formula is C22H24FN5O4S. The molecule has 33 heavy (non-hydrogen) atoms. The number of nitro benzene ring substituents is 1. The highest BCUT2D eigenvalue weighted by molar-refractivity contribution is 7.22. The zero-order chi connectivity index (χ0) is 22.5. The molecule has 0 amide bonds. The second-order valence-corrected chi connectivity index (χ2v) is 7.90. The monoisotopic (exact) mass is 473 g/mol. The molecule has 0 bridgehead atoms. The molecule has 0 aliphatic heterocycles. The van der Waals surface area contributed by atoms with Crippen molar-refractivity contribution < 1.29 is 18.8 Å². The van der Waals surface area contributed by atoms with E-state index in [4.69, 9.17) is 9.47 Å². The number of hydrogen-bond acceptors (Lipinski definition) is 8. The zero-order valence-electron chi connectivity index (χ0n) is 17.2. The predicted molar refractivity (Wildman–Crippen MR) is 125 cm³/mol. The van der Waals surface area contributed by atoms with E-state index < -0.39 is 10.7 Å². The average Bonchev–Trinajstić information content (AvgIpc) is 3.42. The first-order valence-corrected chi connectivity index (χ1v) is 10.6. The van der Waals surface area contributed by atoms with E-state index in [-0.39, 0.29) is 18.9 Å². The minimum atomic E-state index is -0.804. The van der Waals surface area contributed by atoms with Gasteiger partial charge in [0.1, 0.15) is 5.75 Å². The predicted octanol–water partition coefficient (Wildman–Crippen LogP) is 4.87. The third-order valence-corrected chi connectivity index (χ3v) is 5.83. The number of benzene rings is 1. The fourth-order valence-electron chi connectivity index (χ4n) is 3.05. The Bertz CT molecular complexity index is 1240. The van der Waals surface area contributed by atoms with E-state index in [0.29, 0.717) is 17.9 Å². The van der Waals surface area contributed by atoms with Crippen LogP contribution in [0.25, 0.3) is 20.7 Å². The second kappa shape index (κ2) is 10.9. The molecule has 0 aliphatic rings. The lowest BCUT2D eigenvalue weighted by Gasteiger charge is -2.07. The summed E-state index contributed by atoms with van der Waals surface area (Å²) in [4.78, 5) is 15.5. The van der Waals surface area contributed by atoms with Crippen molar-refractivity contribution in [2.75, 3.05) is 26.8 Å². The van der Waals surface area contributed by atoms with Crippen LogP contribution < -0.4 is 10.1 Å². The number of thiophene rings is 1. The molecule has 0 unspecified atom stereocenters. The van der Waals surface area contributed by atoms with Gasteiger partial charge in [-0.25, -0.2) is 4.39 Å². The van der Waals surface area contributed by atoms with Crippen LogP contribution in [0.15, 0.2) is 48.9 Å². The summed E-state index contributed by atoms with van der Waals surface area (Å²) in [6, 6.07) is 6.86. The molecule has 1 aromatic carbocycles.